The van der Waals surface area contributed by atoms with Crippen LogP contribution >= 0.6 is 0 Å². The number of hydrogen-bond acceptors (Lipinski definition) is 4. The normalized spacial score (nSPS) is 16.7. The van der Waals surface area contributed by atoms with Crippen molar-refractivity contribution < 1.29 is 9.59 Å². The van der Waals surface area contributed by atoms with Crippen molar-refractivity contribution in [3.63, 3.8) is 0 Å². The molecule has 0 bridgehead atoms. The van der Waals surface area contributed by atoms with Gasteiger partial charge in [0, 0.05) is 12.0 Å². The van der Waals surface area contributed by atoms with Crippen LogP contribution in [0, 0.1) is 11.3 Å². The lowest BCUT2D eigenvalue weighted by Gasteiger charge is -2.29. The number of amides is 2. The third kappa shape index (κ3) is 4.29. The quantitative estimate of drug-likeness (QED) is 0.728. The molecule has 1 aliphatic rings. The molecule has 152 valence electrons. The molecule has 28 heavy (non-hydrogen) atoms. The number of carbonyl (C=O) groups is 2. The van der Waals surface area contributed by atoms with Crippen LogP contribution in [-0.2, 0) is 4.79 Å². The first kappa shape index (κ1) is 20.2. The smallest absolute Gasteiger partial charge is 0.252 e. The van der Waals surface area contributed by atoms with E-state index in [1.165, 1.54) is 12.6 Å². The van der Waals surface area contributed by atoms with E-state index in [4.69, 9.17) is 5.73 Å². The second kappa shape index (κ2) is 7.81. The molecule has 2 amide bonds. The summed E-state index contributed by atoms with van der Waals surface area (Å²) in [7, 11) is 0. The van der Waals surface area contributed by atoms with E-state index >= 15 is 0 Å². The molecule has 0 aromatic carbocycles. The number of primary amides is 1. The monoisotopic (exact) mass is 385 g/mol. The van der Waals surface area contributed by atoms with Crippen LogP contribution in [0.2, 0.25) is 0 Å². The summed E-state index contributed by atoms with van der Waals surface area (Å²) in [5, 5.41) is 10.7. The Morgan fingerprint density at radius 2 is 1.93 bits per heavy atom. The zero-order valence-electron chi connectivity index (χ0n) is 17.2. The van der Waals surface area contributed by atoms with Crippen LogP contribution in [0.1, 0.15) is 70.2 Å². The van der Waals surface area contributed by atoms with E-state index in [9.17, 15) is 9.59 Å². The largest absolute Gasteiger partial charge is 0.380 e. The summed E-state index contributed by atoms with van der Waals surface area (Å²) < 4.78 is 1.67. The Morgan fingerprint density at radius 1 is 1.25 bits per heavy atom. The van der Waals surface area contributed by atoms with Gasteiger partial charge in [-0.15, -0.1) is 0 Å². The van der Waals surface area contributed by atoms with Crippen LogP contribution < -0.4 is 16.4 Å². The summed E-state index contributed by atoms with van der Waals surface area (Å²) in [5.74, 6) is -0.402. The first-order chi connectivity index (χ1) is 13.2. The molecule has 7 nitrogen and oxygen atoms in total. The minimum Gasteiger partial charge on any atom is -0.380 e. The molecule has 1 fully saturated rings. The molecule has 2 aromatic heterocycles. The Bertz CT molecular complexity index is 875. The number of anilines is 2. The molecule has 1 aliphatic carbocycles. The minimum absolute atomic E-state index is 0.0141. The van der Waals surface area contributed by atoms with Gasteiger partial charge in [-0.2, -0.15) is 5.10 Å². The van der Waals surface area contributed by atoms with Crippen LogP contribution in [0.3, 0.4) is 0 Å². The third-order valence-corrected chi connectivity index (χ3v) is 5.81. The predicted octanol–water partition coefficient (Wildman–Crippen LogP) is 3.80. The molecule has 4 N–H and O–H groups in total. The number of rotatable bonds is 5. The van der Waals surface area contributed by atoms with E-state index in [0.717, 1.165) is 25.7 Å². The molecule has 1 saturated carbocycles. The second-order valence-electron chi connectivity index (χ2n) is 8.91. The van der Waals surface area contributed by atoms with Crippen LogP contribution in [0.25, 0.3) is 5.52 Å². The number of carbonyl (C=O) groups excluding carboxylic acids is 2. The fourth-order valence-corrected chi connectivity index (χ4v) is 3.51. The molecule has 0 saturated heterocycles. The van der Waals surface area contributed by atoms with Crippen molar-refractivity contribution >= 4 is 28.7 Å². The molecule has 0 spiro atoms. The topological polar surface area (TPSA) is 102 Å². The van der Waals surface area contributed by atoms with Gasteiger partial charge < -0.3 is 16.4 Å². The average molecular weight is 386 g/mol. The van der Waals surface area contributed by atoms with Crippen molar-refractivity contribution in [2.75, 3.05) is 10.6 Å². The van der Waals surface area contributed by atoms with Gasteiger partial charge in [-0.1, -0.05) is 40.0 Å². The van der Waals surface area contributed by atoms with Gasteiger partial charge in [0.05, 0.1) is 34.8 Å². The van der Waals surface area contributed by atoms with Crippen molar-refractivity contribution in [3.8, 4) is 0 Å². The lowest BCUT2D eigenvalue weighted by molar-refractivity contribution is -0.120. The van der Waals surface area contributed by atoms with Crippen LogP contribution in [0.5, 0.6) is 0 Å². The highest BCUT2D eigenvalue weighted by atomic mass is 16.2. The van der Waals surface area contributed by atoms with E-state index in [1.807, 2.05) is 6.07 Å². The number of nitrogens with two attached hydrogens (primary N) is 1. The van der Waals surface area contributed by atoms with E-state index in [0.29, 0.717) is 22.5 Å². The maximum atomic E-state index is 12.6. The molecule has 7 heteroatoms. The molecule has 2 heterocycles. The van der Waals surface area contributed by atoms with Gasteiger partial charge in [-0.25, -0.2) is 4.52 Å². The second-order valence-corrected chi connectivity index (χ2v) is 8.91. The maximum absolute atomic E-state index is 12.6. The van der Waals surface area contributed by atoms with Gasteiger partial charge in [0.2, 0.25) is 5.91 Å². The Balaban J connectivity index is 1.92. The van der Waals surface area contributed by atoms with Gasteiger partial charge in [-0.05, 0) is 31.2 Å². The first-order valence-electron chi connectivity index (χ1n) is 10.1. The first-order valence-corrected chi connectivity index (χ1v) is 10.1. The number of fused-ring (bicyclic) bond motifs is 1. The van der Waals surface area contributed by atoms with Gasteiger partial charge in [-0.3, -0.25) is 9.59 Å². The van der Waals surface area contributed by atoms with Gasteiger partial charge >= 0.3 is 0 Å². The molecular formula is C21H31N5O2. The molecule has 2 aromatic rings. The van der Waals surface area contributed by atoms with Gasteiger partial charge in [0.15, 0.2) is 0 Å². The highest BCUT2D eigenvalue weighted by molar-refractivity contribution is 6.03. The standard InChI is InChI=1S/C21H31N5O2/c1-13(21(2,3)4)24-18-16(19(22)27)11-23-26-12-15(10-17(18)26)25-20(28)14-8-6-5-7-9-14/h10-14,24H,5-9H2,1-4H3,(H2,22,27)(H,25,28)/t13-/m1/s1. The lowest BCUT2D eigenvalue weighted by atomic mass is 9.88. The maximum Gasteiger partial charge on any atom is 0.252 e. The van der Waals surface area contributed by atoms with Crippen molar-refractivity contribution in [3.05, 3.63) is 24.0 Å². The lowest BCUT2D eigenvalue weighted by Crippen LogP contribution is -2.32. The summed E-state index contributed by atoms with van der Waals surface area (Å²) in [6.45, 7) is 8.44. The molecule has 0 aliphatic heterocycles. The fourth-order valence-electron chi connectivity index (χ4n) is 3.51. The van der Waals surface area contributed by atoms with Gasteiger partial charge in [0.1, 0.15) is 0 Å². The zero-order chi connectivity index (χ0) is 20.5. The fraction of sp³-hybridized carbons (Fsp3) is 0.571. The van der Waals surface area contributed by atoms with E-state index in [2.05, 4.69) is 43.4 Å². The van der Waals surface area contributed by atoms with Crippen molar-refractivity contribution in [2.24, 2.45) is 17.1 Å². The number of nitrogens with zero attached hydrogens (tertiary/aromatic N) is 2. The summed E-state index contributed by atoms with van der Waals surface area (Å²) in [6, 6.07) is 1.93. The average Bonchev–Trinajstić information content (AvgIpc) is 3.04. The highest BCUT2D eigenvalue weighted by Gasteiger charge is 2.25. The highest BCUT2D eigenvalue weighted by Crippen LogP contribution is 2.30. The van der Waals surface area contributed by atoms with Crippen molar-refractivity contribution in [1.82, 2.24) is 9.61 Å². The predicted molar refractivity (Wildman–Crippen MR) is 111 cm³/mol. The van der Waals surface area contributed by atoms with Crippen LogP contribution in [0.4, 0.5) is 11.4 Å². The van der Waals surface area contributed by atoms with Crippen LogP contribution in [-0.4, -0.2) is 27.5 Å². The summed E-state index contributed by atoms with van der Waals surface area (Å²) in [4.78, 5) is 24.5. The number of hydrogen-bond donors (Lipinski definition) is 3. The number of nitrogens with one attached hydrogen (secondary N) is 2. The van der Waals surface area contributed by atoms with E-state index in [1.54, 1.807) is 10.7 Å². The third-order valence-electron chi connectivity index (χ3n) is 5.81. The van der Waals surface area contributed by atoms with Crippen LogP contribution in [0.15, 0.2) is 18.5 Å². The summed E-state index contributed by atoms with van der Waals surface area (Å²) in [5.41, 5.74) is 7.94. The summed E-state index contributed by atoms with van der Waals surface area (Å²) >= 11 is 0. The SMILES string of the molecule is C[C@@H](Nc1c(C(N)=O)cnn2cc(NC(=O)C3CCCCC3)cc12)C(C)(C)C. The van der Waals surface area contributed by atoms with Gasteiger partial charge in [0.25, 0.3) is 5.91 Å². The summed E-state index contributed by atoms with van der Waals surface area (Å²) in [6.07, 6.45) is 8.56. The Labute approximate surface area is 166 Å². The Kier molecular flexibility index (Phi) is 5.63. The zero-order valence-corrected chi connectivity index (χ0v) is 17.2. The molecule has 3 rings (SSSR count). The minimum atomic E-state index is -0.535. The Morgan fingerprint density at radius 3 is 2.54 bits per heavy atom. The Hall–Kier alpha value is -2.57. The van der Waals surface area contributed by atoms with E-state index in [-0.39, 0.29) is 23.3 Å². The molecule has 0 radical (unpaired) electrons. The molecule has 0 unspecified atom stereocenters. The molecular weight excluding hydrogens is 354 g/mol. The van der Waals surface area contributed by atoms with Crippen molar-refractivity contribution in [1.29, 1.82) is 0 Å². The molecule has 1 atom stereocenters. The van der Waals surface area contributed by atoms with Crippen molar-refractivity contribution in [2.45, 2.75) is 65.8 Å². The number of aromatic nitrogens is 2. The van der Waals surface area contributed by atoms with E-state index < -0.39 is 5.91 Å².